The van der Waals surface area contributed by atoms with E-state index in [4.69, 9.17) is 23.7 Å². The summed E-state index contributed by atoms with van der Waals surface area (Å²) in [5.41, 5.74) is 2.57. The van der Waals surface area contributed by atoms with E-state index >= 15 is 0 Å². The summed E-state index contributed by atoms with van der Waals surface area (Å²) in [6.07, 6.45) is 1.75. The van der Waals surface area contributed by atoms with E-state index in [0.29, 0.717) is 55.8 Å². The molecule has 234 valence electrons. The van der Waals surface area contributed by atoms with Gasteiger partial charge < -0.3 is 23.7 Å². The highest BCUT2D eigenvalue weighted by atomic mass is 32.1. The summed E-state index contributed by atoms with van der Waals surface area (Å²) in [6.45, 7) is 6.13. The highest BCUT2D eigenvalue weighted by Gasteiger charge is 2.34. The number of carbonyl (C=O) groups is 1. The van der Waals surface area contributed by atoms with Crippen LogP contribution in [0.4, 0.5) is 4.39 Å². The van der Waals surface area contributed by atoms with Crippen molar-refractivity contribution in [3.63, 3.8) is 0 Å². The lowest BCUT2D eigenvalue weighted by Gasteiger charge is -2.25. The van der Waals surface area contributed by atoms with Crippen molar-refractivity contribution in [1.82, 2.24) is 4.57 Å². The molecule has 0 aliphatic carbocycles. The number of hydrogen-bond donors (Lipinski definition) is 0. The van der Waals surface area contributed by atoms with Crippen LogP contribution < -0.4 is 33.8 Å². The van der Waals surface area contributed by atoms with Crippen LogP contribution in [-0.2, 0) is 16.1 Å². The van der Waals surface area contributed by atoms with Crippen LogP contribution in [0.5, 0.6) is 23.0 Å². The van der Waals surface area contributed by atoms with Crippen LogP contribution >= 0.6 is 11.3 Å². The van der Waals surface area contributed by atoms with Gasteiger partial charge in [-0.1, -0.05) is 35.6 Å². The second-order valence-corrected chi connectivity index (χ2v) is 11.0. The summed E-state index contributed by atoms with van der Waals surface area (Å²) in [5.74, 6) is 1.13. The number of hydrogen-bond acceptors (Lipinski definition) is 9. The van der Waals surface area contributed by atoms with Gasteiger partial charge in [0.05, 0.1) is 49.3 Å². The number of rotatable bonds is 11. The average molecular weight is 633 g/mol. The fourth-order valence-corrected chi connectivity index (χ4v) is 6.07. The molecule has 0 radical (unpaired) electrons. The van der Waals surface area contributed by atoms with Gasteiger partial charge in [0.1, 0.15) is 12.4 Å². The number of ether oxygens (including phenoxy) is 5. The largest absolute Gasteiger partial charge is 0.493 e. The Morgan fingerprint density at radius 3 is 2.36 bits per heavy atom. The van der Waals surface area contributed by atoms with Crippen molar-refractivity contribution in [2.24, 2.45) is 4.99 Å². The summed E-state index contributed by atoms with van der Waals surface area (Å²) in [5, 5.41) is 0. The number of allylic oxidation sites excluding steroid dienone is 1. The van der Waals surface area contributed by atoms with Crippen LogP contribution in [0, 0.1) is 5.82 Å². The maximum Gasteiger partial charge on any atom is 0.338 e. The molecular weight excluding hydrogens is 599 g/mol. The topological polar surface area (TPSA) is 97.6 Å². The molecular formula is C34H33FN2O7S. The van der Waals surface area contributed by atoms with E-state index in [-0.39, 0.29) is 30.2 Å². The van der Waals surface area contributed by atoms with Gasteiger partial charge in [0.2, 0.25) is 0 Å². The third-order valence-corrected chi connectivity index (χ3v) is 8.10. The lowest BCUT2D eigenvalue weighted by atomic mass is 9.95. The van der Waals surface area contributed by atoms with Crippen LogP contribution in [0.2, 0.25) is 0 Å². The van der Waals surface area contributed by atoms with Crippen molar-refractivity contribution < 1.29 is 32.9 Å². The fraction of sp³-hybridized carbons (Fsp3) is 0.265. The van der Waals surface area contributed by atoms with Gasteiger partial charge in [-0.15, -0.1) is 0 Å². The summed E-state index contributed by atoms with van der Waals surface area (Å²) in [7, 11) is 3.08. The Hall–Kier alpha value is -4.90. The number of benzene rings is 3. The molecule has 3 aromatic carbocycles. The molecule has 9 nitrogen and oxygen atoms in total. The first-order valence-corrected chi connectivity index (χ1v) is 15.1. The van der Waals surface area contributed by atoms with E-state index in [1.165, 1.54) is 35.1 Å². The molecule has 1 aliphatic heterocycles. The Morgan fingerprint density at radius 1 is 0.933 bits per heavy atom. The van der Waals surface area contributed by atoms with Crippen molar-refractivity contribution in [2.45, 2.75) is 33.4 Å². The first-order chi connectivity index (χ1) is 21.8. The summed E-state index contributed by atoms with van der Waals surface area (Å²) in [6, 6.07) is 15.9. The van der Waals surface area contributed by atoms with Crippen LogP contribution in [-0.4, -0.2) is 38.0 Å². The Labute approximate surface area is 263 Å². The molecule has 5 rings (SSSR count). The maximum absolute atomic E-state index is 14.0. The molecule has 0 unspecified atom stereocenters. The number of carbonyl (C=O) groups excluding carboxylic acids is 1. The van der Waals surface area contributed by atoms with Crippen molar-refractivity contribution in [1.29, 1.82) is 0 Å². The van der Waals surface area contributed by atoms with Crippen molar-refractivity contribution in [2.75, 3.05) is 27.4 Å². The minimum absolute atomic E-state index is 0.172. The molecule has 0 fully saturated rings. The number of fused-ring (bicyclic) bond motifs is 1. The Morgan fingerprint density at radius 2 is 1.67 bits per heavy atom. The Bertz CT molecular complexity index is 1930. The number of aromatic nitrogens is 1. The van der Waals surface area contributed by atoms with Gasteiger partial charge in [-0.05, 0) is 79.9 Å². The number of halogens is 1. The van der Waals surface area contributed by atoms with Crippen molar-refractivity contribution in [3.05, 3.63) is 114 Å². The molecule has 1 atom stereocenters. The van der Waals surface area contributed by atoms with Crippen LogP contribution in [0.25, 0.3) is 6.08 Å². The molecule has 0 spiro atoms. The smallest absolute Gasteiger partial charge is 0.338 e. The van der Waals surface area contributed by atoms with Crippen molar-refractivity contribution in [3.8, 4) is 23.0 Å². The average Bonchev–Trinajstić information content (AvgIpc) is 3.34. The number of nitrogens with zero attached hydrogens (tertiary/aromatic N) is 2. The third kappa shape index (κ3) is 6.63. The molecule has 0 amide bonds. The van der Waals surface area contributed by atoms with Gasteiger partial charge in [0.25, 0.3) is 5.56 Å². The zero-order chi connectivity index (χ0) is 32.1. The predicted octanol–water partition coefficient (Wildman–Crippen LogP) is 4.93. The fourth-order valence-electron chi connectivity index (χ4n) is 5.02. The van der Waals surface area contributed by atoms with Crippen molar-refractivity contribution >= 4 is 23.4 Å². The standard InChI is InChI=1S/C34H33FN2O7S/c1-6-42-28-18-23(11-15-25(28)40-4)31-30(33(39)43-7-2)20(3)36-34-37(31)32(38)29(45-34)17-22-10-14-26(27(16-22)41-5)44-19-21-8-12-24(35)13-9-21/h8-18,31H,6-7,19H2,1-5H3/b29-17-/t31-/m1/s1. The van der Waals surface area contributed by atoms with E-state index in [9.17, 15) is 14.0 Å². The normalized spacial score (nSPS) is 14.4. The monoisotopic (exact) mass is 632 g/mol. The maximum atomic E-state index is 14.0. The molecule has 11 heteroatoms. The number of methoxy groups -OCH3 is 2. The Kier molecular flexibility index (Phi) is 9.68. The molecule has 1 aromatic heterocycles. The molecule has 0 saturated carbocycles. The van der Waals surface area contributed by atoms with E-state index in [0.717, 1.165) is 5.56 Å². The SMILES string of the molecule is CCOC(=O)C1=C(C)N=c2s/c(=C\c3ccc(OCc4ccc(F)cc4)c(OC)c3)c(=O)n2[C@@H]1c1ccc(OC)c(OCC)c1. The van der Waals surface area contributed by atoms with Gasteiger partial charge >= 0.3 is 5.97 Å². The van der Waals surface area contributed by atoms with Crippen LogP contribution in [0.15, 0.2) is 81.7 Å². The highest BCUT2D eigenvalue weighted by molar-refractivity contribution is 7.07. The van der Waals surface area contributed by atoms with Gasteiger partial charge in [-0.25, -0.2) is 14.2 Å². The van der Waals surface area contributed by atoms with Crippen LogP contribution in [0.3, 0.4) is 0 Å². The Balaban J connectivity index is 1.57. The minimum atomic E-state index is -0.802. The molecule has 2 heterocycles. The summed E-state index contributed by atoms with van der Waals surface area (Å²) >= 11 is 1.22. The molecule has 0 N–H and O–H groups in total. The number of thiazole rings is 1. The van der Waals surface area contributed by atoms with Crippen LogP contribution in [0.1, 0.15) is 43.5 Å². The first-order valence-electron chi connectivity index (χ1n) is 14.3. The molecule has 4 aromatic rings. The molecule has 45 heavy (non-hydrogen) atoms. The van der Waals surface area contributed by atoms with E-state index < -0.39 is 12.0 Å². The van der Waals surface area contributed by atoms with E-state index in [2.05, 4.69) is 4.99 Å². The second kappa shape index (κ2) is 13.8. The zero-order valence-corrected chi connectivity index (χ0v) is 26.4. The first kappa shape index (κ1) is 31.5. The van der Waals surface area contributed by atoms with Gasteiger partial charge in [-0.3, -0.25) is 9.36 Å². The molecule has 1 aliphatic rings. The highest BCUT2D eigenvalue weighted by Crippen LogP contribution is 2.36. The summed E-state index contributed by atoms with van der Waals surface area (Å²) in [4.78, 5) is 32.4. The molecule has 0 bridgehead atoms. The molecule has 0 saturated heterocycles. The van der Waals surface area contributed by atoms with Gasteiger partial charge in [-0.2, -0.15) is 0 Å². The third-order valence-electron chi connectivity index (χ3n) is 7.11. The lowest BCUT2D eigenvalue weighted by molar-refractivity contribution is -0.139. The minimum Gasteiger partial charge on any atom is -0.493 e. The van der Waals surface area contributed by atoms with Gasteiger partial charge in [0.15, 0.2) is 27.8 Å². The van der Waals surface area contributed by atoms with Gasteiger partial charge in [0, 0.05) is 0 Å². The second-order valence-electron chi connectivity index (χ2n) is 9.97. The predicted molar refractivity (Wildman–Crippen MR) is 168 cm³/mol. The van der Waals surface area contributed by atoms with E-state index in [1.54, 1.807) is 69.5 Å². The lowest BCUT2D eigenvalue weighted by Crippen LogP contribution is -2.40. The van der Waals surface area contributed by atoms with E-state index in [1.807, 2.05) is 13.0 Å². The zero-order valence-electron chi connectivity index (χ0n) is 25.6. The summed E-state index contributed by atoms with van der Waals surface area (Å²) < 4.78 is 43.3. The quantitative estimate of drug-likeness (QED) is 0.216. The number of esters is 1.